The van der Waals surface area contributed by atoms with Crippen molar-refractivity contribution in [3.05, 3.63) is 72.8 Å². The van der Waals surface area contributed by atoms with E-state index in [1.54, 1.807) is 23.5 Å². The van der Waals surface area contributed by atoms with Crippen molar-refractivity contribution in [3.8, 4) is 11.3 Å². The maximum absolute atomic E-state index is 14.2. The molecule has 1 aliphatic carbocycles. The molecule has 2 N–H and O–H groups in total. The van der Waals surface area contributed by atoms with E-state index < -0.39 is 11.0 Å². The number of piperidine rings is 1. The number of aromatic nitrogens is 3. The van der Waals surface area contributed by atoms with E-state index in [-0.39, 0.29) is 18.4 Å². The average molecular weight is 495 g/mol. The molecule has 7 rings (SSSR count). The Bertz CT molecular complexity index is 1540. The minimum absolute atomic E-state index is 0.0108. The van der Waals surface area contributed by atoms with E-state index in [0.29, 0.717) is 31.7 Å². The first-order valence-electron chi connectivity index (χ1n) is 12.6. The number of anilines is 1. The highest BCUT2D eigenvalue weighted by molar-refractivity contribution is 6.08. The van der Waals surface area contributed by atoms with Crippen LogP contribution in [-0.2, 0) is 21.5 Å². The van der Waals surface area contributed by atoms with Gasteiger partial charge in [-0.05, 0) is 42.7 Å². The highest BCUT2D eigenvalue weighted by atomic mass is 16.3. The molecular formula is C28H26N6O3. The third-order valence-corrected chi connectivity index (χ3v) is 8.24. The lowest BCUT2D eigenvalue weighted by molar-refractivity contribution is -0.137. The standard InChI is InChI=1S/C28H26N6O3/c29-28(6-7-28)26(36)33-11-8-27(9-12-33)20-5-10-30-14-22(20)34(25(27)35)16-21-24(23-15-31-17-37-23)19-4-2-1-3-18(19)13-32-21/h1-5,10,13-15,17H,6-9,11-12,16,29H2. The second-order valence-corrected chi connectivity index (χ2v) is 10.3. The third kappa shape index (κ3) is 3.30. The first kappa shape index (κ1) is 22.1. The minimum Gasteiger partial charge on any atom is -0.443 e. The number of likely N-dealkylation sites (tertiary alicyclic amines) is 1. The maximum atomic E-state index is 14.2. The van der Waals surface area contributed by atoms with Crippen LogP contribution in [0.3, 0.4) is 0 Å². The molecule has 186 valence electrons. The molecule has 9 nitrogen and oxygen atoms in total. The third-order valence-electron chi connectivity index (χ3n) is 8.24. The van der Waals surface area contributed by atoms with Crippen molar-refractivity contribution in [2.24, 2.45) is 5.73 Å². The summed E-state index contributed by atoms with van der Waals surface area (Å²) in [6.45, 7) is 1.29. The Kier molecular flexibility index (Phi) is 4.75. The van der Waals surface area contributed by atoms with Crippen molar-refractivity contribution >= 4 is 28.3 Å². The summed E-state index contributed by atoms with van der Waals surface area (Å²) in [5.41, 5.74) is 8.10. The van der Waals surface area contributed by atoms with Gasteiger partial charge in [0.05, 0.1) is 46.8 Å². The van der Waals surface area contributed by atoms with Gasteiger partial charge in [-0.2, -0.15) is 0 Å². The van der Waals surface area contributed by atoms with Crippen molar-refractivity contribution < 1.29 is 14.0 Å². The van der Waals surface area contributed by atoms with Crippen LogP contribution in [-0.4, -0.2) is 50.3 Å². The quantitative estimate of drug-likeness (QED) is 0.463. The lowest BCUT2D eigenvalue weighted by Gasteiger charge is -2.39. The molecule has 2 fully saturated rings. The molecule has 37 heavy (non-hydrogen) atoms. The Hall–Kier alpha value is -4.11. The zero-order valence-electron chi connectivity index (χ0n) is 20.3. The molecule has 9 heteroatoms. The number of pyridine rings is 2. The fourth-order valence-electron chi connectivity index (χ4n) is 5.97. The molecule has 3 aromatic heterocycles. The van der Waals surface area contributed by atoms with Crippen LogP contribution in [0.2, 0.25) is 0 Å². The van der Waals surface area contributed by atoms with Gasteiger partial charge >= 0.3 is 0 Å². The summed E-state index contributed by atoms with van der Waals surface area (Å²) in [6, 6.07) is 9.92. The number of benzene rings is 1. The van der Waals surface area contributed by atoms with Gasteiger partial charge in [-0.1, -0.05) is 24.3 Å². The molecule has 2 aliphatic heterocycles. The number of fused-ring (bicyclic) bond motifs is 3. The Balaban J connectivity index is 1.25. The van der Waals surface area contributed by atoms with Crippen LogP contribution < -0.4 is 10.6 Å². The first-order chi connectivity index (χ1) is 18.0. The van der Waals surface area contributed by atoms with Crippen LogP contribution in [0.4, 0.5) is 5.69 Å². The van der Waals surface area contributed by atoms with Gasteiger partial charge in [0.25, 0.3) is 0 Å². The molecule has 0 atom stereocenters. The van der Waals surface area contributed by atoms with Gasteiger partial charge in [-0.25, -0.2) is 4.98 Å². The largest absolute Gasteiger partial charge is 0.443 e. The zero-order chi connectivity index (χ0) is 25.2. The van der Waals surface area contributed by atoms with Crippen LogP contribution >= 0.6 is 0 Å². The van der Waals surface area contributed by atoms with Crippen molar-refractivity contribution in [2.45, 2.75) is 43.2 Å². The van der Waals surface area contributed by atoms with Crippen molar-refractivity contribution in [3.63, 3.8) is 0 Å². The van der Waals surface area contributed by atoms with Gasteiger partial charge in [0.15, 0.2) is 12.2 Å². The fourth-order valence-corrected chi connectivity index (χ4v) is 5.97. The molecule has 0 unspecified atom stereocenters. The van der Waals surface area contributed by atoms with Crippen LogP contribution in [0.1, 0.15) is 36.9 Å². The predicted molar refractivity (Wildman–Crippen MR) is 136 cm³/mol. The van der Waals surface area contributed by atoms with Crippen LogP contribution in [0.5, 0.6) is 0 Å². The summed E-state index contributed by atoms with van der Waals surface area (Å²) in [4.78, 5) is 43.9. The second kappa shape index (κ2) is 7.94. The first-order valence-corrected chi connectivity index (χ1v) is 12.6. The fraction of sp³-hybridized carbons (Fsp3) is 0.321. The van der Waals surface area contributed by atoms with E-state index in [9.17, 15) is 9.59 Å². The van der Waals surface area contributed by atoms with Gasteiger partial charge in [-0.15, -0.1) is 0 Å². The molecule has 2 amide bonds. The van der Waals surface area contributed by atoms with Crippen LogP contribution in [0, 0.1) is 0 Å². The highest BCUT2D eigenvalue weighted by Gasteiger charge is 2.55. The molecule has 3 aliphatic rings. The Morgan fingerprint density at radius 1 is 1.03 bits per heavy atom. The molecule has 4 aromatic rings. The number of carbonyl (C=O) groups is 2. The van der Waals surface area contributed by atoms with E-state index in [4.69, 9.17) is 15.1 Å². The number of rotatable bonds is 4. The van der Waals surface area contributed by atoms with E-state index in [2.05, 4.69) is 9.97 Å². The molecule has 1 saturated heterocycles. The molecule has 1 aromatic carbocycles. The van der Waals surface area contributed by atoms with E-state index >= 15 is 0 Å². The van der Waals surface area contributed by atoms with Gasteiger partial charge in [0, 0.05) is 30.9 Å². The normalized spacial score (nSPS) is 19.4. The topological polar surface area (TPSA) is 118 Å². The Morgan fingerprint density at radius 2 is 1.84 bits per heavy atom. The summed E-state index contributed by atoms with van der Waals surface area (Å²) in [7, 11) is 0. The number of hydrogen-bond acceptors (Lipinski definition) is 7. The summed E-state index contributed by atoms with van der Waals surface area (Å²) in [5.74, 6) is 0.640. The Labute approximate surface area is 213 Å². The molecule has 0 bridgehead atoms. The highest BCUT2D eigenvalue weighted by Crippen LogP contribution is 2.49. The molecule has 5 heterocycles. The number of nitrogens with zero attached hydrogens (tertiary/aromatic N) is 5. The van der Waals surface area contributed by atoms with Crippen molar-refractivity contribution in [2.75, 3.05) is 18.0 Å². The predicted octanol–water partition coefficient (Wildman–Crippen LogP) is 3.18. The van der Waals surface area contributed by atoms with Gasteiger partial charge in [-0.3, -0.25) is 19.6 Å². The molecule has 1 spiro atoms. The lowest BCUT2D eigenvalue weighted by Crippen LogP contribution is -2.54. The average Bonchev–Trinajstić information content (AvgIpc) is 3.38. The van der Waals surface area contributed by atoms with Gasteiger partial charge < -0.3 is 20.0 Å². The van der Waals surface area contributed by atoms with Crippen LogP contribution in [0.25, 0.3) is 22.1 Å². The smallest absolute Gasteiger partial charge is 0.242 e. The number of carbonyl (C=O) groups excluding carboxylic acids is 2. The van der Waals surface area contributed by atoms with Gasteiger partial charge in [0.2, 0.25) is 11.8 Å². The summed E-state index contributed by atoms with van der Waals surface area (Å²) in [6.07, 6.45) is 11.0. The monoisotopic (exact) mass is 494 g/mol. The Morgan fingerprint density at radius 3 is 2.59 bits per heavy atom. The van der Waals surface area contributed by atoms with Crippen molar-refractivity contribution in [1.82, 2.24) is 19.9 Å². The summed E-state index contributed by atoms with van der Waals surface area (Å²) < 4.78 is 5.69. The number of oxazole rings is 1. The van der Waals surface area contributed by atoms with E-state index in [1.165, 1.54) is 6.39 Å². The number of hydrogen-bond donors (Lipinski definition) is 1. The molecule has 0 radical (unpaired) electrons. The molecule has 1 saturated carbocycles. The number of amides is 2. The zero-order valence-corrected chi connectivity index (χ0v) is 20.3. The maximum Gasteiger partial charge on any atom is 0.242 e. The van der Waals surface area contributed by atoms with E-state index in [0.717, 1.165) is 46.1 Å². The minimum atomic E-state index is -0.698. The van der Waals surface area contributed by atoms with Crippen LogP contribution in [0.15, 0.2) is 65.9 Å². The summed E-state index contributed by atoms with van der Waals surface area (Å²) in [5, 5.41) is 1.97. The lowest BCUT2D eigenvalue weighted by atomic mass is 9.74. The van der Waals surface area contributed by atoms with Crippen molar-refractivity contribution in [1.29, 1.82) is 0 Å². The second-order valence-electron chi connectivity index (χ2n) is 10.3. The molecular weight excluding hydrogens is 468 g/mol. The number of nitrogens with two attached hydrogens (primary N) is 1. The SMILES string of the molecule is NC1(C(=O)N2CCC3(CC2)C(=O)N(Cc2ncc4ccccc4c2-c2cnco2)c2cnccc23)CC1. The van der Waals surface area contributed by atoms with Gasteiger partial charge in [0.1, 0.15) is 0 Å². The van der Waals surface area contributed by atoms with E-state index in [1.807, 2.05) is 41.4 Å². The summed E-state index contributed by atoms with van der Waals surface area (Å²) >= 11 is 0.